The van der Waals surface area contributed by atoms with Crippen LogP contribution in [0.15, 0.2) is 11.6 Å². The predicted molar refractivity (Wildman–Crippen MR) is 164 cm³/mol. The van der Waals surface area contributed by atoms with Crippen molar-refractivity contribution in [3.8, 4) is 0 Å². The molecule has 0 aromatic carbocycles. The minimum absolute atomic E-state index is 0.0451. The summed E-state index contributed by atoms with van der Waals surface area (Å²) in [5, 5.41) is 0. The van der Waals surface area contributed by atoms with Crippen molar-refractivity contribution < 1.29 is 14.2 Å². The molecule has 3 fully saturated rings. The molecule has 0 amide bonds. The Hall–Kier alpha value is -0.380. The quantitative estimate of drug-likeness (QED) is 0.117. The molecule has 8 atom stereocenters. The number of fused-ring (bicyclic) bond motifs is 5. The monoisotopic (exact) mass is 544 g/mol. The van der Waals surface area contributed by atoms with Gasteiger partial charge < -0.3 is 14.2 Å². The Kier molecular flexibility index (Phi) is 11.5. The first-order valence-electron chi connectivity index (χ1n) is 17.3. The van der Waals surface area contributed by atoms with Crippen LogP contribution >= 0.6 is 0 Å². The van der Waals surface area contributed by atoms with E-state index in [2.05, 4.69) is 40.7 Å². The van der Waals surface area contributed by atoms with E-state index in [1.54, 1.807) is 5.57 Å². The predicted octanol–water partition coefficient (Wildman–Crippen LogP) is 9.98. The normalized spacial score (nSPS) is 36.9. The Balaban J connectivity index is 1.28. The van der Waals surface area contributed by atoms with Crippen molar-refractivity contribution in [3.05, 3.63) is 11.6 Å². The van der Waals surface area contributed by atoms with E-state index < -0.39 is 0 Å². The second-order valence-corrected chi connectivity index (χ2v) is 14.9. The second-order valence-electron chi connectivity index (χ2n) is 14.9. The number of ether oxygens (including phenoxy) is 3. The summed E-state index contributed by atoms with van der Waals surface area (Å²) in [6.45, 7) is 19.1. The largest absolute Gasteiger partial charge is 0.378 e. The Bertz CT molecular complexity index is 769. The van der Waals surface area contributed by atoms with Crippen LogP contribution < -0.4 is 0 Å². The van der Waals surface area contributed by atoms with Gasteiger partial charge >= 0.3 is 0 Å². The third-order valence-corrected chi connectivity index (χ3v) is 12.2. The molecular weight excluding hydrogens is 480 g/mol. The van der Waals surface area contributed by atoms with Crippen molar-refractivity contribution in [2.75, 3.05) is 19.8 Å². The van der Waals surface area contributed by atoms with Gasteiger partial charge in [-0.3, -0.25) is 0 Å². The first-order chi connectivity index (χ1) is 18.7. The van der Waals surface area contributed by atoms with Crippen LogP contribution in [0, 0.1) is 46.3 Å². The fourth-order valence-electron chi connectivity index (χ4n) is 10.0. The third kappa shape index (κ3) is 7.16. The summed E-state index contributed by atoms with van der Waals surface area (Å²) in [6.07, 6.45) is 21.6. The topological polar surface area (TPSA) is 27.7 Å². The summed E-state index contributed by atoms with van der Waals surface area (Å²) >= 11 is 0. The molecule has 0 aliphatic heterocycles. The summed E-state index contributed by atoms with van der Waals surface area (Å²) in [4.78, 5) is 0. The number of unbranched alkanes of at least 4 members (excludes halogenated alkanes) is 1. The maximum absolute atomic E-state index is 6.46. The molecule has 0 bridgehead atoms. The van der Waals surface area contributed by atoms with Crippen LogP contribution in [-0.2, 0) is 14.2 Å². The fraction of sp³-hybridized carbons (Fsp3) is 0.944. The SMILES string of the molecule is CCOC(CCCCO[C@H]1CC[C@@]2(C)C(=CC[C@H]3[C@@H]4CC[C@H]([C@H](C)CCCC(C)C)[C@@]4(C)CC[C@@H]32)C1)OCC. The van der Waals surface area contributed by atoms with E-state index in [1.165, 1.54) is 70.6 Å². The summed E-state index contributed by atoms with van der Waals surface area (Å²) in [7, 11) is 0. The van der Waals surface area contributed by atoms with Crippen molar-refractivity contribution >= 4 is 0 Å². The van der Waals surface area contributed by atoms with E-state index in [-0.39, 0.29) is 6.29 Å². The summed E-state index contributed by atoms with van der Waals surface area (Å²) in [6, 6.07) is 0. The standard InChI is InChI=1S/C36H64O3/c1-8-37-34(38-9-2)15-10-11-24-39-29-20-22-35(6)28(25-29)16-17-30-32-19-18-31(27(5)14-12-13-26(3)4)36(32,7)23-21-33(30)35/h16,26-27,29-34H,8-15,17-25H2,1-7H3/t27-,29+,30+,31-,32+,33+,35+,36-/m1/s1. The van der Waals surface area contributed by atoms with E-state index in [0.29, 0.717) is 16.9 Å². The number of rotatable bonds is 15. The van der Waals surface area contributed by atoms with E-state index >= 15 is 0 Å². The maximum atomic E-state index is 6.46. The Morgan fingerprint density at radius 3 is 2.33 bits per heavy atom. The molecule has 3 nitrogen and oxygen atoms in total. The average molecular weight is 545 g/mol. The van der Waals surface area contributed by atoms with Gasteiger partial charge in [0.15, 0.2) is 6.29 Å². The van der Waals surface area contributed by atoms with Gasteiger partial charge in [-0.05, 0) is 131 Å². The van der Waals surface area contributed by atoms with Crippen LogP contribution in [0.25, 0.3) is 0 Å². The Morgan fingerprint density at radius 1 is 0.846 bits per heavy atom. The molecule has 0 N–H and O–H groups in total. The van der Waals surface area contributed by atoms with E-state index in [4.69, 9.17) is 14.2 Å². The molecule has 39 heavy (non-hydrogen) atoms. The van der Waals surface area contributed by atoms with Crippen LogP contribution in [0.5, 0.6) is 0 Å². The van der Waals surface area contributed by atoms with Gasteiger partial charge in [-0.2, -0.15) is 0 Å². The molecule has 0 spiro atoms. The lowest BCUT2D eigenvalue weighted by molar-refractivity contribution is -0.140. The fourth-order valence-corrected chi connectivity index (χ4v) is 10.0. The molecule has 3 saturated carbocycles. The summed E-state index contributed by atoms with van der Waals surface area (Å²) in [5.74, 6) is 5.48. The van der Waals surface area contributed by atoms with Gasteiger partial charge in [-0.25, -0.2) is 0 Å². The van der Waals surface area contributed by atoms with Crippen LogP contribution in [0.1, 0.15) is 138 Å². The highest BCUT2D eigenvalue weighted by molar-refractivity contribution is 5.25. The lowest BCUT2D eigenvalue weighted by atomic mass is 9.47. The highest BCUT2D eigenvalue weighted by Crippen LogP contribution is 2.67. The number of hydrogen-bond donors (Lipinski definition) is 0. The van der Waals surface area contributed by atoms with Gasteiger partial charge in [0, 0.05) is 19.8 Å². The zero-order valence-electron chi connectivity index (χ0n) is 26.9. The molecule has 4 aliphatic rings. The molecular formula is C36H64O3. The van der Waals surface area contributed by atoms with Crippen LogP contribution in [0.3, 0.4) is 0 Å². The smallest absolute Gasteiger partial charge is 0.157 e. The highest BCUT2D eigenvalue weighted by atomic mass is 16.7. The lowest BCUT2D eigenvalue weighted by Crippen LogP contribution is -2.51. The zero-order chi connectivity index (χ0) is 28.0. The molecule has 0 heterocycles. The van der Waals surface area contributed by atoms with Gasteiger partial charge in [-0.15, -0.1) is 0 Å². The molecule has 4 rings (SSSR count). The minimum atomic E-state index is -0.0451. The second kappa shape index (κ2) is 14.2. The molecule has 0 aromatic rings. The van der Waals surface area contributed by atoms with Crippen LogP contribution in [0.2, 0.25) is 0 Å². The highest BCUT2D eigenvalue weighted by Gasteiger charge is 2.59. The van der Waals surface area contributed by atoms with Crippen LogP contribution in [-0.4, -0.2) is 32.2 Å². The summed E-state index contributed by atoms with van der Waals surface area (Å²) in [5.41, 5.74) is 2.77. The van der Waals surface area contributed by atoms with Gasteiger partial charge in [-0.1, -0.05) is 65.5 Å². The first-order valence-corrected chi connectivity index (χ1v) is 17.3. The van der Waals surface area contributed by atoms with Gasteiger partial charge in [0.05, 0.1) is 6.10 Å². The number of allylic oxidation sites excluding steroid dienone is 1. The Morgan fingerprint density at radius 2 is 1.62 bits per heavy atom. The first kappa shape index (κ1) is 31.6. The van der Waals surface area contributed by atoms with Gasteiger partial charge in [0.2, 0.25) is 0 Å². The van der Waals surface area contributed by atoms with Crippen molar-refractivity contribution in [2.24, 2.45) is 46.3 Å². The van der Waals surface area contributed by atoms with E-state index in [0.717, 1.165) is 74.6 Å². The molecule has 0 aromatic heterocycles. The maximum Gasteiger partial charge on any atom is 0.157 e. The zero-order valence-corrected chi connectivity index (χ0v) is 26.9. The summed E-state index contributed by atoms with van der Waals surface area (Å²) < 4.78 is 17.9. The van der Waals surface area contributed by atoms with Crippen molar-refractivity contribution in [1.82, 2.24) is 0 Å². The van der Waals surface area contributed by atoms with Gasteiger partial charge in [0.25, 0.3) is 0 Å². The molecule has 0 radical (unpaired) electrons. The minimum Gasteiger partial charge on any atom is -0.378 e. The van der Waals surface area contributed by atoms with Gasteiger partial charge in [0.1, 0.15) is 0 Å². The van der Waals surface area contributed by atoms with Crippen LogP contribution in [0.4, 0.5) is 0 Å². The van der Waals surface area contributed by atoms with E-state index in [1.807, 2.05) is 13.8 Å². The molecule has 4 aliphatic carbocycles. The van der Waals surface area contributed by atoms with Crippen molar-refractivity contribution in [2.45, 2.75) is 151 Å². The lowest BCUT2D eigenvalue weighted by Gasteiger charge is -2.58. The molecule has 0 unspecified atom stereocenters. The molecule has 3 heteroatoms. The third-order valence-electron chi connectivity index (χ3n) is 12.2. The molecule has 226 valence electrons. The average Bonchev–Trinajstić information content (AvgIpc) is 3.26. The van der Waals surface area contributed by atoms with E-state index in [9.17, 15) is 0 Å². The van der Waals surface area contributed by atoms with Crippen molar-refractivity contribution in [3.63, 3.8) is 0 Å². The van der Waals surface area contributed by atoms with Crippen molar-refractivity contribution in [1.29, 1.82) is 0 Å². The number of hydrogen-bond acceptors (Lipinski definition) is 3. The molecule has 0 saturated heterocycles. The Labute approximate surface area is 242 Å².